The van der Waals surface area contributed by atoms with Crippen molar-refractivity contribution in [2.24, 2.45) is 21.6 Å². The number of hydrogen-bond donors (Lipinski definition) is 6. The summed E-state index contributed by atoms with van der Waals surface area (Å²) in [5, 5.41) is 16.5. The number of thiazole rings is 1. The molecule has 0 aromatic carbocycles. The van der Waals surface area contributed by atoms with Gasteiger partial charge in [-0.1, -0.05) is 5.16 Å². The molecule has 2 aliphatic heterocycles. The molecule has 2 aliphatic rings. The van der Waals surface area contributed by atoms with Crippen LogP contribution >= 0.6 is 11.3 Å². The number of amides is 3. The smallest absolute Gasteiger partial charge is 0.362 e. The maximum absolute atomic E-state index is 13.1. The van der Waals surface area contributed by atoms with E-state index in [1.807, 2.05) is 0 Å². The van der Waals surface area contributed by atoms with Crippen molar-refractivity contribution in [3.05, 3.63) is 11.1 Å². The number of aliphatic carboxylic acids is 1. The average molecular weight is 576 g/mol. The molecule has 0 saturated carbocycles. The largest absolute Gasteiger partial charge is 0.478 e. The van der Waals surface area contributed by atoms with Gasteiger partial charge in [0.25, 0.3) is 11.8 Å². The van der Waals surface area contributed by atoms with Crippen molar-refractivity contribution in [1.29, 1.82) is 0 Å². The number of anilines is 1. The van der Waals surface area contributed by atoms with Crippen LogP contribution in [-0.4, -0.2) is 104 Å². The van der Waals surface area contributed by atoms with Crippen LogP contribution in [0.1, 0.15) is 26.0 Å². The van der Waals surface area contributed by atoms with Gasteiger partial charge in [0.1, 0.15) is 17.8 Å². The van der Waals surface area contributed by atoms with Gasteiger partial charge in [-0.25, -0.2) is 19.1 Å². The zero-order valence-corrected chi connectivity index (χ0v) is 21.6. The van der Waals surface area contributed by atoms with Gasteiger partial charge in [-0.05, 0) is 20.3 Å². The molecule has 1 aromatic heterocycles. The van der Waals surface area contributed by atoms with Crippen LogP contribution in [-0.2, 0) is 34.3 Å². The molecule has 0 radical (unpaired) electrons. The molecule has 0 unspecified atom stereocenters. The molecule has 0 spiro atoms. The summed E-state index contributed by atoms with van der Waals surface area (Å²) in [6.45, 7) is 2.04. The quantitative estimate of drug-likeness (QED) is 0.0524. The van der Waals surface area contributed by atoms with Crippen LogP contribution in [0, 0.1) is 0 Å². The minimum absolute atomic E-state index is 0.0380. The molecule has 2 saturated heterocycles. The third kappa shape index (κ3) is 5.92. The molecule has 0 aliphatic carbocycles. The Morgan fingerprint density at radius 1 is 1.32 bits per heavy atom. The lowest BCUT2D eigenvalue weighted by molar-refractivity contribution is -0.161. The number of likely N-dealkylation sites (tertiary alicyclic amines) is 1. The number of hydrogen-bond acceptors (Lipinski definition) is 12. The number of carboxylic acid groups (broad SMARTS) is 1. The monoisotopic (exact) mass is 575 g/mol. The molecule has 9 N–H and O–H groups in total. The average Bonchev–Trinajstić information content (AvgIpc) is 3.36. The fourth-order valence-electron chi connectivity index (χ4n) is 3.58. The van der Waals surface area contributed by atoms with Gasteiger partial charge in [0.2, 0.25) is 11.5 Å². The maximum Gasteiger partial charge on any atom is 0.362 e. The molecule has 18 nitrogen and oxygen atoms in total. The summed E-state index contributed by atoms with van der Waals surface area (Å²) in [4.78, 5) is 63.6. The highest BCUT2D eigenvalue weighted by atomic mass is 32.2. The van der Waals surface area contributed by atoms with E-state index >= 15 is 0 Å². The van der Waals surface area contributed by atoms with Gasteiger partial charge in [-0.3, -0.25) is 18.9 Å². The molecule has 20 heteroatoms. The molecule has 1 aromatic rings. The van der Waals surface area contributed by atoms with Gasteiger partial charge in [-0.15, -0.1) is 11.3 Å². The highest BCUT2D eigenvalue weighted by Gasteiger charge is 2.55. The van der Waals surface area contributed by atoms with E-state index in [1.165, 1.54) is 24.1 Å². The number of carbonyl (C=O) groups excluding carboxylic acids is 3. The van der Waals surface area contributed by atoms with Gasteiger partial charge in [0, 0.05) is 18.5 Å². The van der Waals surface area contributed by atoms with E-state index in [9.17, 15) is 37.3 Å². The van der Waals surface area contributed by atoms with Gasteiger partial charge < -0.3 is 37.4 Å². The molecule has 208 valence electrons. The molecule has 3 rings (SSSR count). The van der Waals surface area contributed by atoms with E-state index in [1.54, 1.807) is 0 Å². The molecule has 2 fully saturated rings. The van der Waals surface area contributed by atoms with Crippen molar-refractivity contribution in [1.82, 2.24) is 19.5 Å². The molecular weight excluding hydrogens is 550 g/mol. The van der Waals surface area contributed by atoms with E-state index in [2.05, 4.69) is 20.4 Å². The number of oxime groups is 1. The minimum atomic E-state index is -5.05. The number of nitrogens with zero attached hydrogens (tertiary/aromatic N) is 5. The van der Waals surface area contributed by atoms with E-state index in [4.69, 9.17) is 22.0 Å². The fourth-order valence-corrected chi connectivity index (χ4v) is 5.00. The summed E-state index contributed by atoms with van der Waals surface area (Å²) in [6.07, 6.45) is 0.207. The van der Waals surface area contributed by atoms with Gasteiger partial charge in [-0.2, -0.15) is 8.42 Å². The second-order valence-corrected chi connectivity index (χ2v) is 10.9. The number of carboxylic acids is 1. The summed E-state index contributed by atoms with van der Waals surface area (Å²) in [7, 11) is -5.05. The minimum Gasteiger partial charge on any atom is -0.478 e. The number of aliphatic imine (C=N–C) groups is 1. The molecule has 3 amide bonds. The Balaban J connectivity index is 1.86. The SMILES string of the molecule is CC(C)(O/N=C(/C(=O)N[C@@H]1C(=O)N(S(=O)(=O)O)[C@@H]1CN1CC[C@@H](N=C(N)N)C1=O)c1csc(N)n1)C(=O)O. The van der Waals surface area contributed by atoms with Crippen molar-refractivity contribution in [3.63, 3.8) is 0 Å². The first-order valence-corrected chi connectivity index (χ1v) is 13.0. The molecular formula is C18H25N9O9S2. The number of β-lactam (4-membered cyclic amide) rings is 1. The number of rotatable bonds is 10. The number of carbonyl (C=O) groups is 4. The van der Waals surface area contributed by atoms with Crippen LogP contribution in [0.5, 0.6) is 0 Å². The molecule has 3 atom stereocenters. The molecule has 3 heterocycles. The Kier molecular flexibility index (Phi) is 7.79. The second-order valence-electron chi connectivity index (χ2n) is 8.69. The third-order valence-electron chi connectivity index (χ3n) is 5.55. The summed E-state index contributed by atoms with van der Waals surface area (Å²) < 4.78 is 33.3. The zero-order chi connectivity index (χ0) is 28.6. The van der Waals surface area contributed by atoms with E-state index in [0.717, 1.165) is 11.3 Å². The number of nitrogens with two attached hydrogens (primary N) is 3. The normalized spacial score (nSPS) is 22.2. The first kappa shape index (κ1) is 28.5. The van der Waals surface area contributed by atoms with Crippen molar-refractivity contribution >= 4 is 62.1 Å². The van der Waals surface area contributed by atoms with Crippen molar-refractivity contribution < 1.29 is 42.1 Å². The Morgan fingerprint density at radius 2 is 1.97 bits per heavy atom. The third-order valence-corrected chi connectivity index (χ3v) is 7.17. The summed E-state index contributed by atoms with van der Waals surface area (Å²) >= 11 is 0.933. The topological polar surface area (TPSA) is 286 Å². The van der Waals surface area contributed by atoms with Crippen molar-refractivity contribution in [3.8, 4) is 0 Å². The summed E-state index contributed by atoms with van der Waals surface area (Å²) in [5.41, 5.74) is 13.7. The standard InChI is InChI=1S/C18H25N9O9S2/c1-18(2,15(31)32)36-25-10(8-6-37-17(21)23-8)12(28)24-11-9(27(14(11)30)38(33,34)35)5-26-4-3-7(13(26)29)22-16(19)20/h6-7,9,11H,3-5H2,1-2H3,(H2,21,23)(H,24,28)(H,31,32)(H4,19,20,22)(H,33,34,35)/b25-10+/t7-,9-,11+/m1/s1. The van der Waals surface area contributed by atoms with Gasteiger partial charge >= 0.3 is 16.3 Å². The van der Waals surface area contributed by atoms with Gasteiger partial charge in [0.15, 0.2) is 16.8 Å². The summed E-state index contributed by atoms with van der Waals surface area (Å²) in [6, 6.07) is -3.85. The number of nitrogen functional groups attached to an aromatic ring is 1. The number of guanidine groups is 1. The summed E-state index contributed by atoms with van der Waals surface area (Å²) in [5.74, 6) is -4.56. The lowest BCUT2D eigenvalue weighted by Crippen LogP contribution is -2.74. The molecule has 38 heavy (non-hydrogen) atoms. The Labute approximate surface area is 219 Å². The van der Waals surface area contributed by atoms with Crippen molar-refractivity contribution in [2.45, 2.75) is 44.0 Å². The lowest BCUT2D eigenvalue weighted by atomic mass is 9.97. The van der Waals surface area contributed by atoms with E-state index < -0.39 is 70.0 Å². The maximum atomic E-state index is 13.1. The van der Waals surface area contributed by atoms with Crippen LogP contribution < -0.4 is 22.5 Å². The van der Waals surface area contributed by atoms with Crippen LogP contribution in [0.4, 0.5) is 5.13 Å². The first-order chi connectivity index (χ1) is 17.5. The predicted octanol–water partition coefficient (Wildman–Crippen LogP) is -3.32. The fraction of sp³-hybridized carbons (Fsp3) is 0.500. The predicted molar refractivity (Wildman–Crippen MR) is 131 cm³/mol. The van der Waals surface area contributed by atoms with Crippen molar-refractivity contribution in [2.75, 3.05) is 18.8 Å². The number of aromatic nitrogens is 1. The Hall–Kier alpha value is -4.04. The highest BCUT2D eigenvalue weighted by Crippen LogP contribution is 2.27. The number of nitrogens with one attached hydrogen (secondary N) is 1. The van der Waals surface area contributed by atoms with E-state index in [0.29, 0.717) is 0 Å². The first-order valence-electron chi connectivity index (χ1n) is 10.7. The Morgan fingerprint density at radius 3 is 2.50 bits per heavy atom. The van der Waals surface area contributed by atoms with Gasteiger partial charge in [0.05, 0.1) is 6.04 Å². The van der Waals surface area contributed by atoms with Crippen LogP contribution in [0.25, 0.3) is 0 Å². The molecule has 0 bridgehead atoms. The Bertz CT molecular complexity index is 1320. The van der Waals surface area contributed by atoms with Crippen LogP contribution in [0.15, 0.2) is 15.5 Å². The highest BCUT2D eigenvalue weighted by molar-refractivity contribution is 7.84. The van der Waals surface area contributed by atoms with Crippen LogP contribution in [0.2, 0.25) is 0 Å². The van der Waals surface area contributed by atoms with Crippen LogP contribution in [0.3, 0.4) is 0 Å². The van der Waals surface area contributed by atoms with E-state index in [-0.39, 0.29) is 34.1 Å². The zero-order valence-electron chi connectivity index (χ0n) is 20.0. The second kappa shape index (κ2) is 10.4. The lowest BCUT2D eigenvalue weighted by Gasteiger charge is -2.45.